The summed E-state index contributed by atoms with van der Waals surface area (Å²) in [5, 5.41) is 0.797. The smallest absolute Gasteiger partial charge is 0.338 e. The lowest BCUT2D eigenvalue weighted by atomic mass is 10.1. The summed E-state index contributed by atoms with van der Waals surface area (Å²) >= 11 is 1.58. The summed E-state index contributed by atoms with van der Waals surface area (Å²) in [7, 11) is -2.62. The molecule has 0 aliphatic heterocycles. The number of nitrogens with one attached hydrogen (secondary N) is 1. The first-order valence-corrected chi connectivity index (χ1v) is 12.2. The number of aromatic nitrogens is 1. The van der Waals surface area contributed by atoms with Gasteiger partial charge in [-0.1, -0.05) is 37.3 Å². The first-order valence-electron chi connectivity index (χ1n) is 9.71. The Morgan fingerprint density at radius 2 is 1.77 bits per heavy atom. The van der Waals surface area contributed by atoms with E-state index in [0.717, 1.165) is 17.2 Å². The van der Waals surface area contributed by atoms with Crippen molar-refractivity contribution in [2.75, 3.05) is 11.8 Å². The van der Waals surface area contributed by atoms with Gasteiger partial charge in [-0.15, -0.1) is 11.8 Å². The highest BCUT2D eigenvalue weighted by atomic mass is 32.2. The number of ether oxygens (including phenoxy) is 1. The molecule has 0 radical (unpaired) electrons. The number of methoxy groups -OCH3 is 1. The third-order valence-corrected chi connectivity index (χ3v) is 7.13. The summed E-state index contributed by atoms with van der Waals surface area (Å²) in [6.45, 7) is 3.84. The standard InChI is InChI=1S/C23H24N2O4S2/c1-4-17-6-8-18(9-7-17)15-30-22-12-10-19(14-24-22)25-31(27,28)20-11-5-16(2)21(13-20)23(26)29-3/h5-14,25H,4,15H2,1-3H3. The predicted molar refractivity (Wildman–Crippen MR) is 123 cm³/mol. The lowest BCUT2D eigenvalue weighted by Crippen LogP contribution is -2.14. The number of esters is 1. The quantitative estimate of drug-likeness (QED) is 0.386. The van der Waals surface area contributed by atoms with Crippen molar-refractivity contribution in [3.63, 3.8) is 0 Å². The van der Waals surface area contributed by atoms with E-state index >= 15 is 0 Å². The van der Waals surface area contributed by atoms with Gasteiger partial charge in [0.25, 0.3) is 10.0 Å². The SMILES string of the molecule is CCc1ccc(CSc2ccc(NS(=O)(=O)c3ccc(C)c(C(=O)OC)c3)cn2)cc1. The molecule has 0 unspecified atom stereocenters. The Hall–Kier alpha value is -2.84. The van der Waals surface area contributed by atoms with Crippen molar-refractivity contribution < 1.29 is 17.9 Å². The molecule has 1 aromatic heterocycles. The van der Waals surface area contributed by atoms with Crippen LogP contribution in [0.3, 0.4) is 0 Å². The van der Waals surface area contributed by atoms with E-state index in [2.05, 4.69) is 40.9 Å². The molecule has 6 nitrogen and oxygen atoms in total. The van der Waals surface area contributed by atoms with Crippen LogP contribution in [0, 0.1) is 6.92 Å². The topological polar surface area (TPSA) is 85.4 Å². The molecule has 0 atom stereocenters. The maximum atomic E-state index is 12.7. The number of nitrogens with zero attached hydrogens (tertiary/aromatic N) is 1. The van der Waals surface area contributed by atoms with Crippen LogP contribution in [-0.2, 0) is 26.9 Å². The minimum atomic E-state index is -3.87. The molecule has 0 fully saturated rings. The van der Waals surface area contributed by atoms with Crippen LogP contribution < -0.4 is 4.72 Å². The van der Waals surface area contributed by atoms with Crippen LogP contribution in [-0.4, -0.2) is 26.5 Å². The zero-order valence-electron chi connectivity index (χ0n) is 17.6. The lowest BCUT2D eigenvalue weighted by molar-refractivity contribution is 0.0599. The van der Waals surface area contributed by atoms with Gasteiger partial charge in [-0.2, -0.15) is 0 Å². The molecular weight excluding hydrogens is 432 g/mol. The number of hydrogen-bond donors (Lipinski definition) is 1. The Balaban J connectivity index is 1.67. The second-order valence-electron chi connectivity index (χ2n) is 6.92. The number of pyridine rings is 1. The van der Waals surface area contributed by atoms with Gasteiger partial charge in [0.15, 0.2) is 0 Å². The molecule has 31 heavy (non-hydrogen) atoms. The van der Waals surface area contributed by atoms with Crippen LogP contribution in [0.5, 0.6) is 0 Å². The first-order chi connectivity index (χ1) is 14.8. The molecule has 0 saturated heterocycles. The van der Waals surface area contributed by atoms with Crippen molar-refractivity contribution in [1.82, 2.24) is 4.98 Å². The number of hydrogen-bond acceptors (Lipinski definition) is 6. The van der Waals surface area contributed by atoms with Gasteiger partial charge in [0.05, 0.1) is 34.5 Å². The third-order valence-electron chi connectivity index (χ3n) is 4.73. The van der Waals surface area contributed by atoms with Crippen molar-refractivity contribution >= 4 is 33.4 Å². The van der Waals surface area contributed by atoms with Crippen molar-refractivity contribution in [1.29, 1.82) is 0 Å². The highest BCUT2D eigenvalue weighted by molar-refractivity contribution is 7.98. The molecule has 1 N–H and O–H groups in total. The fourth-order valence-corrected chi connectivity index (χ4v) is 4.73. The Morgan fingerprint density at radius 1 is 1.06 bits per heavy atom. The van der Waals surface area contributed by atoms with E-state index in [1.807, 2.05) is 0 Å². The average Bonchev–Trinajstić information content (AvgIpc) is 2.78. The number of sulfonamides is 1. The number of anilines is 1. The highest BCUT2D eigenvalue weighted by Gasteiger charge is 2.18. The van der Waals surface area contributed by atoms with Crippen molar-refractivity contribution in [3.05, 3.63) is 83.0 Å². The lowest BCUT2D eigenvalue weighted by Gasteiger charge is -2.11. The average molecular weight is 457 g/mol. The van der Waals surface area contributed by atoms with Crippen LogP contribution in [0.15, 0.2) is 70.7 Å². The van der Waals surface area contributed by atoms with Crippen LogP contribution in [0.4, 0.5) is 5.69 Å². The fraction of sp³-hybridized carbons (Fsp3) is 0.217. The van der Waals surface area contributed by atoms with E-state index < -0.39 is 16.0 Å². The number of aryl methyl sites for hydroxylation is 2. The van der Waals surface area contributed by atoms with Gasteiger partial charge in [-0.3, -0.25) is 4.72 Å². The Kier molecular flexibility index (Phi) is 7.35. The zero-order valence-corrected chi connectivity index (χ0v) is 19.2. The molecular formula is C23H24N2O4S2. The number of thioether (sulfide) groups is 1. The van der Waals surface area contributed by atoms with Crippen LogP contribution in [0.1, 0.15) is 34.0 Å². The minimum Gasteiger partial charge on any atom is -0.465 e. The van der Waals surface area contributed by atoms with Gasteiger partial charge in [0, 0.05) is 5.75 Å². The first kappa shape index (κ1) is 22.8. The molecule has 2 aromatic carbocycles. The zero-order chi connectivity index (χ0) is 22.4. The van der Waals surface area contributed by atoms with Crippen LogP contribution >= 0.6 is 11.8 Å². The summed E-state index contributed by atoms with van der Waals surface area (Å²) in [6, 6.07) is 16.2. The number of benzene rings is 2. The summed E-state index contributed by atoms with van der Waals surface area (Å²) in [5.74, 6) is 0.198. The predicted octanol–water partition coefficient (Wildman–Crippen LogP) is 4.83. The van der Waals surface area contributed by atoms with E-state index in [1.165, 1.54) is 36.6 Å². The Morgan fingerprint density at radius 3 is 2.39 bits per heavy atom. The maximum Gasteiger partial charge on any atom is 0.338 e. The number of carbonyl (C=O) groups is 1. The molecule has 162 valence electrons. The molecule has 0 bridgehead atoms. The number of carbonyl (C=O) groups excluding carboxylic acids is 1. The second-order valence-corrected chi connectivity index (χ2v) is 9.60. The Bertz CT molecular complexity index is 1160. The van der Waals surface area contributed by atoms with Gasteiger partial charge in [0.2, 0.25) is 0 Å². The van der Waals surface area contributed by atoms with Crippen molar-refractivity contribution in [2.24, 2.45) is 0 Å². The van der Waals surface area contributed by atoms with Crippen LogP contribution in [0.2, 0.25) is 0 Å². The molecule has 0 aliphatic rings. The highest BCUT2D eigenvalue weighted by Crippen LogP contribution is 2.24. The van der Waals surface area contributed by atoms with Crippen molar-refractivity contribution in [2.45, 2.75) is 35.9 Å². The molecule has 0 aliphatic carbocycles. The Labute approximate surface area is 187 Å². The molecule has 3 aromatic rings. The molecule has 0 saturated carbocycles. The van der Waals surface area contributed by atoms with Crippen molar-refractivity contribution in [3.8, 4) is 0 Å². The summed E-state index contributed by atoms with van der Waals surface area (Å²) in [6.07, 6.45) is 2.49. The van der Waals surface area contributed by atoms with Gasteiger partial charge < -0.3 is 4.74 Å². The molecule has 0 spiro atoms. The van der Waals surface area contributed by atoms with E-state index in [4.69, 9.17) is 4.74 Å². The van der Waals surface area contributed by atoms with E-state index in [0.29, 0.717) is 11.3 Å². The van der Waals surface area contributed by atoms with Gasteiger partial charge in [-0.25, -0.2) is 18.2 Å². The minimum absolute atomic E-state index is 0.0209. The van der Waals surface area contributed by atoms with E-state index in [1.54, 1.807) is 36.9 Å². The van der Waals surface area contributed by atoms with Gasteiger partial charge in [-0.05, 0) is 54.3 Å². The van der Waals surface area contributed by atoms with E-state index in [-0.39, 0.29) is 10.5 Å². The largest absolute Gasteiger partial charge is 0.465 e. The maximum absolute atomic E-state index is 12.7. The molecule has 0 amide bonds. The second kappa shape index (κ2) is 9.98. The summed E-state index contributed by atoms with van der Waals surface area (Å²) < 4.78 is 32.7. The van der Waals surface area contributed by atoms with E-state index in [9.17, 15) is 13.2 Å². The van der Waals surface area contributed by atoms with Gasteiger partial charge in [0.1, 0.15) is 0 Å². The fourth-order valence-electron chi connectivity index (χ4n) is 2.87. The molecule has 8 heteroatoms. The molecule has 1 heterocycles. The third kappa shape index (κ3) is 5.86. The van der Waals surface area contributed by atoms with Gasteiger partial charge >= 0.3 is 5.97 Å². The monoisotopic (exact) mass is 456 g/mol. The molecule has 3 rings (SSSR count). The number of rotatable bonds is 8. The summed E-state index contributed by atoms with van der Waals surface area (Å²) in [5.41, 5.74) is 3.70. The summed E-state index contributed by atoms with van der Waals surface area (Å²) in [4.78, 5) is 16.2. The van der Waals surface area contributed by atoms with Crippen LogP contribution in [0.25, 0.3) is 0 Å². The normalized spacial score (nSPS) is 11.2.